The van der Waals surface area contributed by atoms with Crippen molar-refractivity contribution in [3.8, 4) is 11.5 Å². The van der Waals surface area contributed by atoms with Crippen LogP contribution in [0.4, 0.5) is 13.2 Å². The van der Waals surface area contributed by atoms with E-state index in [1.54, 1.807) is 23.1 Å². The fourth-order valence-electron chi connectivity index (χ4n) is 3.21. The Morgan fingerprint density at radius 2 is 1.81 bits per heavy atom. The summed E-state index contributed by atoms with van der Waals surface area (Å²) in [5.41, 5.74) is 0. The van der Waals surface area contributed by atoms with Crippen molar-refractivity contribution >= 4 is 5.91 Å². The molecule has 1 amide bonds. The molecule has 0 aliphatic carbocycles. The number of hydrogen-bond acceptors (Lipinski definition) is 6. The van der Waals surface area contributed by atoms with E-state index in [1.165, 1.54) is 0 Å². The summed E-state index contributed by atoms with van der Waals surface area (Å²) >= 11 is 0. The molecule has 1 unspecified atom stereocenters. The van der Waals surface area contributed by atoms with Gasteiger partial charge in [-0.05, 0) is 25.0 Å². The van der Waals surface area contributed by atoms with Crippen molar-refractivity contribution in [3.05, 3.63) is 36.0 Å². The number of halogens is 3. The number of rotatable bonds is 2. The predicted molar refractivity (Wildman–Crippen MR) is 84.2 cm³/mol. The molecular formula is C17H16F3N3O4. The molecule has 2 aliphatic heterocycles. The summed E-state index contributed by atoms with van der Waals surface area (Å²) < 4.78 is 53.7. The van der Waals surface area contributed by atoms with Crippen molar-refractivity contribution in [2.75, 3.05) is 19.7 Å². The first-order valence-electron chi connectivity index (χ1n) is 8.49. The minimum absolute atomic E-state index is 0.0411. The number of carbonyl (C=O) groups is 1. The van der Waals surface area contributed by atoms with Crippen LogP contribution in [0, 0.1) is 0 Å². The molecule has 1 fully saturated rings. The van der Waals surface area contributed by atoms with E-state index in [0.717, 1.165) is 0 Å². The number of piperidine rings is 1. The van der Waals surface area contributed by atoms with Crippen LogP contribution in [0.1, 0.15) is 30.5 Å². The molecule has 4 rings (SSSR count). The van der Waals surface area contributed by atoms with Crippen LogP contribution < -0.4 is 9.47 Å². The SMILES string of the molecule is O=C(C1COc2ccccc2O1)N1CCC(c2nnc(C(F)(F)F)o2)CC1. The number of aromatic nitrogens is 2. The molecule has 1 atom stereocenters. The van der Waals surface area contributed by atoms with E-state index >= 15 is 0 Å². The van der Waals surface area contributed by atoms with Gasteiger partial charge in [0, 0.05) is 19.0 Å². The fraction of sp³-hybridized carbons (Fsp3) is 0.471. The minimum atomic E-state index is -4.66. The molecule has 1 aromatic carbocycles. The van der Waals surface area contributed by atoms with Gasteiger partial charge < -0.3 is 18.8 Å². The highest BCUT2D eigenvalue weighted by molar-refractivity contribution is 5.82. The Labute approximate surface area is 152 Å². The van der Waals surface area contributed by atoms with E-state index in [9.17, 15) is 18.0 Å². The van der Waals surface area contributed by atoms with E-state index in [-0.39, 0.29) is 24.3 Å². The van der Waals surface area contributed by atoms with Crippen molar-refractivity contribution < 1.29 is 31.9 Å². The Kier molecular flexibility index (Phi) is 4.40. The molecule has 1 saturated heterocycles. The molecule has 0 saturated carbocycles. The Hall–Kier alpha value is -2.78. The Bertz CT molecular complexity index is 831. The minimum Gasteiger partial charge on any atom is -0.485 e. The number of alkyl halides is 3. The Morgan fingerprint density at radius 3 is 2.48 bits per heavy atom. The lowest BCUT2D eigenvalue weighted by Crippen LogP contribution is -2.48. The molecule has 2 aliphatic rings. The number of amides is 1. The highest BCUT2D eigenvalue weighted by atomic mass is 19.4. The average molecular weight is 383 g/mol. The summed E-state index contributed by atoms with van der Waals surface area (Å²) in [6.07, 6.45) is -4.52. The van der Waals surface area contributed by atoms with Gasteiger partial charge in [0.15, 0.2) is 11.5 Å². The van der Waals surface area contributed by atoms with Crippen molar-refractivity contribution in [1.82, 2.24) is 15.1 Å². The van der Waals surface area contributed by atoms with Crippen molar-refractivity contribution in [2.24, 2.45) is 0 Å². The second-order valence-corrected chi connectivity index (χ2v) is 6.41. The lowest BCUT2D eigenvalue weighted by Gasteiger charge is -2.34. The summed E-state index contributed by atoms with van der Waals surface area (Å²) in [4.78, 5) is 14.3. The highest BCUT2D eigenvalue weighted by Crippen LogP contribution is 2.34. The number of ether oxygens (including phenoxy) is 2. The van der Waals surface area contributed by atoms with Gasteiger partial charge in [-0.25, -0.2) is 0 Å². The van der Waals surface area contributed by atoms with Gasteiger partial charge in [0.25, 0.3) is 5.91 Å². The number of hydrogen-bond donors (Lipinski definition) is 0. The Morgan fingerprint density at radius 1 is 1.11 bits per heavy atom. The molecule has 144 valence electrons. The second-order valence-electron chi connectivity index (χ2n) is 6.41. The van der Waals surface area contributed by atoms with E-state index in [2.05, 4.69) is 10.2 Å². The average Bonchev–Trinajstić information content (AvgIpc) is 3.18. The quantitative estimate of drug-likeness (QED) is 0.794. The molecule has 7 nitrogen and oxygen atoms in total. The number of fused-ring (bicyclic) bond motifs is 1. The maximum Gasteiger partial charge on any atom is 0.470 e. The maximum absolute atomic E-state index is 12.7. The zero-order chi connectivity index (χ0) is 19.0. The molecule has 0 bridgehead atoms. The summed E-state index contributed by atoms with van der Waals surface area (Å²) in [7, 11) is 0. The Balaban J connectivity index is 1.35. The number of nitrogens with zero attached hydrogens (tertiary/aromatic N) is 3. The van der Waals surface area contributed by atoms with Crippen LogP contribution in [0.25, 0.3) is 0 Å². The number of likely N-dealkylation sites (tertiary alicyclic amines) is 1. The molecule has 0 N–H and O–H groups in total. The van der Waals surface area contributed by atoms with Gasteiger partial charge in [0.2, 0.25) is 12.0 Å². The summed E-state index contributed by atoms with van der Waals surface area (Å²) in [5.74, 6) is -0.783. The normalized spacial score (nSPS) is 20.6. The van der Waals surface area contributed by atoms with Gasteiger partial charge in [-0.1, -0.05) is 12.1 Å². The topological polar surface area (TPSA) is 77.7 Å². The number of carbonyl (C=O) groups excluding carboxylic acids is 1. The molecule has 2 aromatic rings. The number of para-hydroxylation sites is 2. The molecule has 1 aromatic heterocycles. The molecule has 0 spiro atoms. The van der Waals surface area contributed by atoms with Gasteiger partial charge in [0.05, 0.1) is 0 Å². The largest absolute Gasteiger partial charge is 0.485 e. The second kappa shape index (κ2) is 6.75. The van der Waals surface area contributed by atoms with Crippen LogP contribution in [-0.2, 0) is 11.0 Å². The van der Waals surface area contributed by atoms with Gasteiger partial charge in [-0.15, -0.1) is 10.2 Å². The zero-order valence-corrected chi connectivity index (χ0v) is 14.1. The first-order chi connectivity index (χ1) is 12.9. The summed E-state index contributed by atoms with van der Waals surface area (Å²) in [6.45, 7) is 0.859. The predicted octanol–water partition coefficient (Wildman–Crippen LogP) is 2.63. The maximum atomic E-state index is 12.7. The number of benzene rings is 1. The first-order valence-corrected chi connectivity index (χ1v) is 8.49. The lowest BCUT2D eigenvalue weighted by atomic mass is 9.96. The van der Waals surface area contributed by atoms with E-state index < -0.39 is 18.2 Å². The smallest absolute Gasteiger partial charge is 0.470 e. The summed E-state index contributed by atoms with van der Waals surface area (Å²) in [5, 5.41) is 6.56. The van der Waals surface area contributed by atoms with Crippen LogP contribution in [0.15, 0.2) is 28.7 Å². The monoisotopic (exact) mass is 383 g/mol. The van der Waals surface area contributed by atoms with Gasteiger partial charge in [-0.3, -0.25) is 4.79 Å². The van der Waals surface area contributed by atoms with Crippen LogP contribution >= 0.6 is 0 Å². The summed E-state index contributed by atoms with van der Waals surface area (Å²) in [6, 6.07) is 7.10. The van der Waals surface area contributed by atoms with Crippen LogP contribution in [0.3, 0.4) is 0 Å². The molecule has 10 heteroatoms. The van der Waals surface area contributed by atoms with Crippen LogP contribution in [0.5, 0.6) is 11.5 Å². The van der Waals surface area contributed by atoms with E-state index in [0.29, 0.717) is 37.4 Å². The van der Waals surface area contributed by atoms with Gasteiger partial charge in [0.1, 0.15) is 6.61 Å². The standard InChI is InChI=1S/C17H16F3N3O4/c18-17(19,20)16-22-21-14(27-16)10-5-7-23(8-6-10)15(24)13-9-25-11-3-1-2-4-12(11)26-13/h1-4,10,13H,5-9H2. The highest BCUT2D eigenvalue weighted by Gasteiger charge is 2.40. The zero-order valence-electron chi connectivity index (χ0n) is 14.1. The first kappa shape index (κ1) is 17.6. The van der Waals surface area contributed by atoms with Crippen molar-refractivity contribution in [3.63, 3.8) is 0 Å². The fourth-order valence-corrected chi connectivity index (χ4v) is 3.21. The lowest BCUT2D eigenvalue weighted by molar-refractivity contribution is -0.157. The van der Waals surface area contributed by atoms with Crippen LogP contribution in [0.2, 0.25) is 0 Å². The van der Waals surface area contributed by atoms with Crippen LogP contribution in [-0.4, -0.2) is 46.8 Å². The van der Waals surface area contributed by atoms with Gasteiger partial charge in [-0.2, -0.15) is 13.2 Å². The van der Waals surface area contributed by atoms with Crippen molar-refractivity contribution in [2.45, 2.75) is 31.0 Å². The van der Waals surface area contributed by atoms with E-state index in [1.807, 2.05) is 6.07 Å². The third kappa shape index (κ3) is 3.56. The molecule has 0 radical (unpaired) electrons. The third-order valence-electron chi connectivity index (χ3n) is 4.62. The third-order valence-corrected chi connectivity index (χ3v) is 4.62. The molecular weight excluding hydrogens is 367 g/mol. The van der Waals surface area contributed by atoms with Gasteiger partial charge >= 0.3 is 12.1 Å². The molecule has 3 heterocycles. The van der Waals surface area contributed by atoms with Crippen molar-refractivity contribution in [1.29, 1.82) is 0 Å². The van der Waals surface area contributed by atoms with E-state index in [4.69, 9.17) is 13.9 Å². The molecule has 27 heavy (non-hydrogen) atoms.